The molecular weight excluding hydrogens is 431 g/mol. The Morgan fingerprint density at radius 3 is 2.77 bits per heavy atom. The summed E-state index contributed by atoms with van der Waals surface area (Å²) < 4.78 is 25.2. The first-order chi connectivity index (χ1) is 14.4. The standard InChI is InChI=1S/C21H18ClFN2O4S/c1-3-28-17-9-13(10-18-20(27)25-21(30-18)24-12(2)26)8-15(22)19(17)29-11-14-6-4-5-7-16(14)23/h4-10H,3,11H2,1-2H3,(H,24,25,26,27). The first kappa shape index (κ1) is 21.9. The van der Waals surface area contributed by atoms with Crippen LogP contribution >= 0.6 is 23.4 Å². The van der Waals surface area contributed by atoms with E-state index in [4.69, 9.17) is 21.1 Å². The Morgan fingerprint density at radius 1 is 1.30 bits per heavy atom. The van der Waals surface area contributed by atoms with Crippen molar-refractivity contribution in [3.8, 4) is 11.5 Å². The average molecular weight is 449 g/mol. The van der Waals surface area contributed by atoms with Crippen molar-refractivity contribution in [2.75, 3.05) is 6.61 Å². The van der Waals surface area contributed by atoms with Gasteiger partial charge in [0.1, 0.15) is 12.4 Å². The average Bonchev–Trinajstić information content (AvgIpc) is 3.00. The predicted octanol–water partition coefficient (Wildman–Crippen LogP) is 4.56. The molecule has 1 aliphatic heterocycles. The Kier molecular flexibility index (Phi) is 7.12. The lowest BCUT2D eigenvalue weighted by atomic mass is 10.1. The largest absolute Gasteiger partial charge is 0.490 e. The Bertz CT molecular complexity index is 1060. The lowest BCUT2D eigenvalue weighted by Gasteiger charge is -2.15. The predicted molar refractivity (Wildman–Crippen MR) is 115 cm³/mol. The van der Waals surface area contributed by atoms with Gasteiger partial charge in [-0.1, -0.05) is 29.8 Å². The van der Waals surface area contributed by atoms with E-state index in [2.05, 4.69) is 10.3 Å². The number of hydrogen-bond donors (Lipinski definition) is 1. The number of aliphatic imine (C=N–C) groups is 1. The fraction of sp³-hybridized carbons (Fsp3) is 0.190. The van der Waals surface area contributed by atoms with Crippen molar-refractivity contribution in [2.24, 2.45) is 4.99 Å². The molecule has 0 spiro atoms. The third-order valence-electron chi connectivity index (χ3n) is 3.86. The molecule has 0 atom stereocenters. The highest BCUT2D eigenvalue weighted by molar-refractivity contribution is 8.18. The number of ether oxygens (including phenoxy) is 2. The van der Waals surface area contributed by atoms with Crippen LogP contribution in [0, 0.1) is 5.82 Å². The molecule has 30 heavy (non-hydrogen) atoms. The molecule has 0 radical (unpaired) electrons. The number of hydrogen-bond acceptors (Lipinski definition) is 5. The second-order valence-electron chi connectivity index (χ2n) is 6.16. The summed E-state index contributed by atoms with van der Waals surface area (Å²) in [5.41, 5.74) is 0.981. The lowest BCUT2D eigenvalue weighted by Crippen LogP contribution is -2.23. The van der Waals surface area contributed by atoms with Gasteiger partial charge in [0, 0.05) is 12.5 Å². The number of carbonyl (C=O) groups is 2. The minimum atomic E-state index is -0.460. The summed E-state index contributed by atoms with van der Waals surface area (Å²) in [6.07, 6.45) is 1.60. The number of amidine groups is 1. The summed E-state index contributed by atoms with van der Waals surface area (Å²) in [6.45, 7) is 3.48. The monoisotopic (exact) mass is 448 g/mol. The summed E-state index contributed by atoms with van der Waals surface area (Å²) in [5, 5.41) is 2.96. The Labute approximate surface area is 182 Å². The van der Waals surface area contributed by atoms with Gasteiger partial charge in [-0.3, -0.25) is 9.59 Å². The first-order valence-corrected chi connectivity index (χ1v) is 10.2. The molecule has 0 fully saturated rings. The van der Waals surface area contributed by atoms with Gasteiger partial charge in [0.15, 0.2) is 16.7 Å². The Morgan fingerprint density at radius 2 is 2.07 bits per heavy atom. The number of thioether (sulfide) groups is 1. The zero-order valence-corrected chi connectivity index (χ0v) is 17.8. The molecule has 1 N–H and O–H groups in total. The maximum atomic E-state index is 13.9. The highest BCUT2D eigenvalue weighted by atomic mass is 35.5. The van der Waals surface area contributed by atoms with Gasteiger partial charge in [0.25, 0.3) is 5.91 Å². The smallest absolute Gasteiger partial charge is 0.286 e. The van der Waals surface area contributed by atoms with Crippen LogP contribution in [0.25, 0.3) is 6.08 Å². The van der Waals surface area contributed by atoms with Crippen molar-refractivity contribution < 1.29 is 23.5 Å². The summed E-state index contributed by atoms with van der Waals surface area (Å²) >= 11 is 7.44. The number of carbonyl (C=O) groups excluding carboxylic acids is 2. The van der Waals surface area contributed by atoms with E-state index in [0.29, 0.717) is 28.4 Å². The second-order valence-corrected chi connectivity index (χ2v) is 7.59. The van der Waals surface area contributed by atoms with Crippen LogP contribution in [0.1, 0.15) is 25.0 Å². The van der Waals surface area contributed by atoms with Crippen molar-refractivity contribution in [3.05, 3.63) is 63.3 Å². The van der Waals surface area contributed by atoms with Crippen molar-refractivity contribution in [3.63, 3.8) is 0 Å². The van der Waals surface area contributed by atoms with Gasteiger partial charge in [0.05, 0.1) is 16.5 Å². The topological polar surface area (TPSA) is 77.0 Å². The van der Waals surface area contributed by atoms with Crippen LogP contribution in [0.5, 0.6) is 11.5 Å². The molecule has 2 aromatic rings. The molecule has 0 bridgehead atoms. The molecule has 3 rings (SSSR count). The van der Waals surface area contributed by atoms with Crippen molar-refractivity contribution in [1.82, 2.24) is 5.32 Å². The molecule has 156 valence electrons. The zero-order valence-electron chi connectivity index (χ0n) is 16.2. The number of benzene rings is 2. The maximum absolute atomic E-state index is 13.9. The molecule has 0 unspecified atom stereocenters. The maximum Gasteiger partial charge on any atom is 0.286 e. The minimum Gasteiger partial charge on any atom is -0.490 e. The van der Waals surface area contributed by atoms with E-state index in [9.17, 15) is 14.0 Å². The van der Waals surface area contributed by atoms with Gasteiger partial charge in [0.2, 0.25) is 5.91 Å². The third kappa shape index (κ3) is 5.40. The summed E-state index contributed by atoms with van der Waals surface area (Å²) in [6, 6.07) is 9.57. The third-order valence-corrected chi connectivity index (χ3v) is 5.04. The van der Waals surface area contributed by atoms with Crippen LogP contribution in [0.2, 0.25) is 5.02 Å². The van der Waals surface area contributed by atoms with E-state index in [1.807, 2.05) is 6.92 Å². The first-order valence-electron chi connectivity index (χ1n) is 9.00. The SMILES string of the molecule is CCOc1cc(C=C2SC(NC(C)=O)=NC2=O)cc(Cl)c1OCc1ccccc1F. The van der Waals surface area contributed by atoms with E-state index >= 15 is 0 Å². The fourth-order valence-corrected chi connectivity index (χ4v) is 3.74. The van der Waals surface area contributed by atoms with E-state index in [0.717, 1.165) is 11.8 Å². The lowest BCUT2D eigenvalue weighted by molar-refractivity contribution is -0.117. The van der Waals surface area contributed by atoms with Gasteiger partial charge in [-0.25, -0.2) is 4.39 Å². The summed E-state index contributed by atoms with van der Waals surface area (Å²) in [7, 11) is 0. The Hall–Kier alpha value is -2.84. The van der Waals surface area contributed by atoms with Crippen molar-refractivity contribution in [2.45, 2.75) is 20.5 Å². The van der Waals surface area contributed by atoms with Crippen LogP contribution in [0.15, 0.2) is 46.3 Å². The van der Waals surface area contributed by atoms with Crippen LogP contribution in [-0.2, 0) is 16.2 Å². The molecule has 9 heteroatoms. The second kappa shape index (κ2) is 9.77. The fourth-order valence-electron chi connectivity index (χ4n) is 2.60. The quantitative estimate of drug-likeness (QED) is 0.655. The van der Waals surface area contributed by atoms with Gasteiger partial charge in [-0.15, -0.1) is 0 Å². The molecule has 1 heterocycles. The van der Waals surface area contributed by atoms with Crippen LogP contribution < -0.4 is 14.8 Å². The number of nitrogens with zero attached hydrogens (tertiary/aromatic N) is 1. The van der Waals surface area contributed by atoms with Gasteiger partial charge in [-0.2, -0.15) is 4.99 Å². The highest BCUT2D eigenvalue weighted by Crippen LogP contribution is 2.39. The molecule has 6 nitrogen and oxygen atoms in total. The Balaban J connectivity index is 1.84. The van der Waals surface area contributed by atoms with E-state index in [1.54, 1.807) is 36.4 Å². The molecule has 0 aromatic heterocycles. The number of rotatable bonds is 6. The molecule has 0 aliphatic carbocycles. The highest BCUT2D eigenvalue weighted by Gasteiger charge is 2.23. The molecule has 2 amide bonds. The molecular formula is C21H18ClFN2O4S. The van der Waals surface area contributed by atoms with Gasteiger partial charge < -0.3 is 14.8 Å². The summed E-state index contributed by atoms with van der Waals surface area (Å²) in [5.74, 6) is -0.498. The molecule has 0 saturated carbocycles. The zero-order chi connectivity index (χ0) is 21.7. The van der Waals surface area contributed by atoms with Crippen LogP contribution in [-0.4, -0.2) is 23.6 Å². The number of halogens is 2. The van der Waals surface area contributed by atoms with Crippen LogP contribution in [0.3, 0.4) is 0 Å². The van der Waals surface area contributed by atoms with E-state index in [1.165, 1.54) is 13.0 Å². The number of nitrogens with one attached hydrogen (secondary N) is 1. The van der Waals surface area contributed by atoms with Crippen LogP contribution in [0.4, 0.5) is 4.39 Å². The van der Waals surface area contributed by atoms with Gasteiger partial charge in [-0.05, 0) is 48.5 Å². The van der Waals surface area contributed by atoms with Crippen molar-refractivity contribution in [1.29, 1.82) is 0 Å². The van der Waals surface area contributed by atoms with E-state index < -0.39 is 5.91 Å². The molecule has 2 aromatic carbocycles. The number of amides is 2. The van der Waals surface area contributed by atoms with E-state index in [-0.39, 0.29) is 34.3 Å². The van der Waals surface area contributed by atoms with Gasteiger partial charge >= 0.3 is 0 Å². The molecule has 1 aliphatic rings. The summed E-state index contributed by atoms with van der Waals surface area (Å²) in [4.78, 5) is 27.3. The normalized spacial score (nSPS) is 14.6. The minimum absolute atomic E-state index is 0.0187. The molecule has 0 saturated heterocycles. The van der Waals surface area contributed by atoms with Crippen molar-refractivity contribution >= 4 is 46.4 Å².